The van der Waals surface area contributed by atoms with Crippen LogP contribution in [-0.2, 0) is 10.0 Å². The Hall–Kier alpha value is 0.540. The second-order valence-corrected chi connectivity index (χ2v) is 9.83. The first-order valence-electron chi connectivity index (χ1n) is 6.49. The lowest BCUT2D eigenvalue weighted by molar-refractivity contribution is 0.551. The Kier molecular flexibility index (Phi) is 5.94. The Morgan fingerprint density at radius 1 is 1.29 bits per heavy atom. The molecule has 0 bridgehead atoms. The zero-order chi connectivity index (χ0) is 15.7. The van der Waals surface area contributed by atoms with E-state index in [0.29, 0.717) is 11.0 Å². The molecule has 0 radical (unpaired) electrons. The molecule has 0 unspecified atom stereocenters. The van der Waals surface area contributed by atoms with Crippen LogP contribution in [0.2, 0.25) is 10.0 Å². The first kappa shape index (κ1) is 17.9. The Bertz CT molecular complexity index is 608. The van der Waals surface area contributed by atoms with Gasteiger partial charge < -0.3 is 0 Å². The molecule has 0 spiro atoms. The van der Waals surface area contributed by atoms with Gasteiger partial charge in [-0.05, 0) is 31.2 Å². The predicted molar refractivity (Wildman–Crippen MR) is 94.1 cm³/mol. The van der Waals surface area contributed by atoms with E-state index in [1.807, 2.05) is 6.26 Å². The van der Waals surface area contributed by atoms with Crippen molar-refractivity contribution in [1.82, 2.24) is 4.72 Å². The molecule has 0 aliphatic heterocycles. The van der Waals surface area contributed by atoms with Crippen LogP contribution in [0.25, 0.3) is 0 Å². The Morgan fingerprint density at radius 3 is 2.29 bits per heavy atom. The zero-order valence-corrected chi connectivity index (χ0v) is 16.2. The van der Waals surface area contributed by atoms with Crippen molar-refractivity contribution >= 4 is 60.9 Å². The first-order chi connectivity index (χ1) is 9.80. The standard InChI is InChI=1S/C13H16BrCl2NO2S2/c1-20-13(4-2-3-5-13)8-17-21(18,19)12-10(15)6-9(14)7-11(12)16/h6-7,17H,2-5,8H2,1H3. The molecule has 1 saturated carbocycles. The number of thioether (sulfide) groups is 1. The van der Waals surface area contributed by atoms with E-state index in [1.54, 1.807) is 11.8 Å². The van der Waals surface area contributed by atoms with Gasteiger partial charge in [-0.15, -0.1) is 0 Å². The van der Waals surface area contributed by atoms with Crippen LogP contribution in [0.1, 0.15) is 25.7 Å². The van der Waals surface area contributed by atoms with Crippen LogP contribution >= 0.6 is 50.9 Å². The molecule has 2 rings (SSSR count). The van der Waals surface area contributed by atoms with Gasteiger partial charge in [0.2, 0.25) is 10.0 Å². The van der Waals surface area contributed by atoms with Gasteiger partial charge in [-0.25, -0.2) is 13.1 Å². The molecule has 118 valence electrons. The van der Waals surface area contributed by atoms with E-state index in [-0.39, 0.29) is 19.7 Å². The minimum absolute atomic E-state index is 0.0125. The van der Waals surface area contributed by atoms with Crippen LogP contribution in [0.5, 0.6) is 0 Å². The zero-order valence-electron chi connectivity index (χ0n) is 11.5. The average molecular weight is 433 g/mol. The largest absolute Gasteiger partial charge is 0.243 e. The van der Waals surface area contributed by atoms with Gasteiger partial charge in [0.25, 0.3) is 0 Å². The topological polar surface area (TPSA) is 46.2 Å². The summed E-state index contributed by atoms with van der Waals surface area (Å²) in [6, 6.07) is 3.06. The molecule has 1 fully saturated rings. The smallest absolute Gasteiger partial charge is 0.210 e. The number of sulfonamides is 1. The first-order valence-corrected chi connectivity index (χ1v) is 10.7. The monoisotopic (exact) mass is 431 g/mol. The quantitative estimate of drug-likeness (QED) is 0.732. The molecule has 0 atom stereocenters. The molecule has 3 nitrogen and oxygen atoms in total. The second-order valence-electron chi connectivity index (χ2n) is 5.12. The van der Waals surface area contributed by atoms with Gasteiger partial charge in [-0.1, -0.05) is 52.0 Å². The van der Waals surface area contributed by atoms with Crippen LogP contribution < -0.4 is 4.72 Å². The van der Waals surface area contributed by atoms with Gasteiger partial charge in [-0.3, -0.25) is 0 Å². The highest BCUT2D eigenvalue weighted by molar-refractivity contribution is 9.10. The Labute approximate surface area is 148 Å². The molecule has 1 N–H and O–H groups in total. The molecule has 1 aromatic carbocycles. The predicted octanol–water partition coefficient (Wildman–Crippen LogP) is 4.71. The SMILES string of the molecule is CSC1(CNS(=O)(=O)c2c(Cl)cc(Br)cc2Cl)CCCC1. The molecule has 1 aliphatic rings. The molecule has 0 saturated heterocycles. The number of nitrogens with one attached hydrogen (secondary N) is 1. The summed E-state index contributed by atoms with van der Waals surface area (Å²) in [5.74, 6) is 0. The minimum Gasteiger partial charge on any atom is -0.210 e. The van der Waals surface area contributed by atoms with Gasteiger partial charge in [0, 0.05) is 15.8 Å². The fraction of sp³-hybridized carbons (Fsp3) is 0.538. The van der Waals surface area contributed by atoms with Crippen molar-refractivity contribution < 1.29 is 8.42 Å². The summed E-state index contributed by atoms with van der Waals surface area (Å²) in [4.78, 5) is -0.0525. The van der Waals surface area contributed by atoms with Gasteiger partial charge in [-0.2, -0.15) is 11.8 Å². The van der Waals surface area contributed by atoms with Crippen molar-refractivity contribution in [3.8, 4) is 0 Å². The molecule has 0 heterocycles. The summed E-state index contributed by atoms with van der Waals surface area (Å²) in [6.45, 7) is 0.402. The van der Waals surface area contributed by atoms with E-state index in [0.717, 1.165) is 25.7 Å². The molecule has 1 aromatic rings. The lowest BCUT2D eigenvalue weighted by Crippen LogP contribution is -2.38. The van der Waals surface area contributed by atoms with Gasteiger partial charge in [0.1, 0.15) is 4.90 Å². The Balaban J connectivity index is 2.23. The lowest BCUT2D eigenvalue weighted by Gasteiger charge is -2.27. The van der Waals surface area contributed by atoms with Gasteiger partial charge in [0.05, 0.1) is 10.0 Å². The summed E-state index contributed by atoms with van der Waals surface area (Å²) in [6.07, 6.45) is 6.36. The van der Waals surface area contributed by atoms with E-state index in [4.69, 9.17) is 23.2 Å². The molecule has 21 heavy (non-hydrogen) atoms. The third-order valence-corrected chi connectivity index (χ3v) is 7.96. The number of hydrogen-bond donors (Lipinski definition) is 1. The maximum absolute atomic E-state index is 12.5. The summed E-state index contributed by atoms with van der Waals surface area (Å²) < 4.78 is 28.3. The van der Waals surface area contributed by atoms with Crippen LogP contribution in [0.15, 0.2) is 21.5 Å². The molecular weight excluding hydrogens is 417 g/mol. The normalized spacial score (nSPS) is 18.1. The van der Waals surface area contributed by atoms with Crippen molar-refractivity contribution in [2.24, 2.45) is 0 Å². The van der Waals surface area contributed by atoms with Crippen molar-refractivity contribution in [3.63, 3.8) is 0 Å². The highest BCUT2D eigenvalue weighted by Gasteiger charge is 2.35. The fourth-order valence-corrected chi connectivity index (χ4v) is 6.62. The second kappa shape index (κ2) is 6.97. The summed E-state index contributed by atoms with van der Waals surface area (Å²) in [5, 5.41) is 0.234. The van der Waals surface area contributed by atoms with Gasteiger partial charge in [0.15, 0.2) is 0 Å². The maximum atomic E-state index is 12.5. The van der Waals surface area contributed by atoms with Gasteiger partial charge >= 0.3 is 0 Å². The molecular formula is C13H16BrCl2NO2S2. The van der Waals surface area contributed by atoms with E-state index in [2.05, 4.69) is 20.7 Å². The van der Waals surface area contributed by atoms with Crippen molar-refractivity contribution in [2.45, 2.75) is 35.3 Å². The number of rotatable bonds is 5. The third-order valence-electron chi connectivity index (χ3n) is 3.76. The number of hydrogen-bond acceptors (Lipinski definition) is 3. The molecule has 0 aromatic heterocycles. The molecule has 1 aliphatic carbocycles. The van der Waals surface area contributed by atoms with Crippen LogP contribution in [0, 0.1) is 0 Å². The highest BCUT2D eigenvalue weighted by Crippen LogP contribution is 2.40. The van der Waals surface area contributed by atoms with Crippen molar-refractivity contribution in [1.29, 1.82) is 0 Å². The van der Waals surface area contributed by atoms with E-state index in [9.17, 15) is 8.42 Å². The summed E-state index contributed by atoms with van der Waals surface area (Å²) in [5.41, 5.74) is 0. The maximum Gasteiger partial charge on any atom is 0.243 e. The van der Waals surface area contributed by atoms with E-state index in [1.165, 1.54) is 12.1 Å². The van der Waals surface area contributed by atoms with Crippen molar-refractivity contribution in [3.05, 3.63) is 26.7 Å². The van der Waals surface area contributed by atoms with Crippen molar-refractivity contribution in [2.75, 3.05) is 12.8 Å². The Morgan fingerprint density at radius 2 is 1.81 bits per heavy atom. The molecule has 0 amide bonds. The minimum atomic E-state index is -3.72. The van der Waals surface area contributed by atoms with Crippen LogP contribution in [-0.4, -0.2) is 26.0 Å². The lowest BCUT2D eigenvalue weighted by atomic mass is 10.1. The van der Waals surface area contributed by atoms with Crippen LogP contribution in [0.3, 0.4) is 0 Å². The van der Waals surface area contributed by atoms with E-state index < -0.39 is 10.0 Å². The van der Waals surface area contributed by atoms with Crippen LogP contribution in [0.4, 0.5) is 0 Å². The molecule has 8 heteroatoms. The van der Waals surface area contributed by atoms with E-state index >= 15 is 0 Å². The third kappa shape index (κ3) is 4.09. The summed E-state index contributed by atoms with van der Waals surface area (Å²) in [7, 11) is -3.72. The highest BCUT2D eigenvalue weighted by atomic mass is 79.9. The average Bonchev–Trinajstić information content (AvgIpc) is 2.84. The summed E-state index contributed by atoms with van der Waals surface area (Å²) >= 11 is 17.1. The number of benzene rings is 1. The number of halogens is 3. The fourth-order valence-electron chi connectivity index (χ4n) is 2.56.